The summed E-state index contributed by atoms with van der Waals surface area (Å²) in [6, 6.07) is 1.31. The highest BCUT2D eigenvalue weighted by Gasteiger charge is 2.41. The van der Waals surface area contributed by atoms with Crippen LogP contribution in [0, 0.1) is 0 Å². The van der Waals surface area contributed by atoms with Crippen molar-refractivity contribution in [2.45, 2.75) is 59.7 Å². The van der Waals surface area contributed by atoms with E-state index < -0.39 is 24.1 Å². The van der Waals surface area contributed by atoms with Gasteiger partial charge < -0.3 is 24.1 Å². The number of carbonyl (C=O) groups is 2. The summed E-state index contributed by atoms with van der Waals surface area (Å²) in [7, 11) is 1.43. The molecule has 0 spiro atoms. The molecule has 2 atom stereocenters. The Morgan fingerprint density at radius 1 is 1.23 bits per heavy atom. The van der Waals surface area contributed by atoms with Gasteiger partial charge in [0.15, 0.2) is 17.6 Å². The average molecular weight is 418 g/mol. The quantitative estimate of drug-likeness (QED) is 0.486. The molecule has 1 aliphatic heterocycles. The lowest BCUT2D eigenvalue weighted by Gasteiger charge is -2.32. The third-order valence-corrected chi connectivity index (χ3v) is 4.73. The minimum absolute atomic E-state index is 0.0861. The number of phenols is 1. The molecule has 0 saturated heterocycles. The fourth-order valence-electron chi connectivity index (χ4n) is 3.27. The third-order valence-electron chi connectivity index (χ3n) is 4.73. The van der Waals surface area contributed by atoms with E-state index in [0.29, 0.717) is 0 Å². The second kappa shape index (κ2) is 10.2. The fourth-order valence-corrected chi connectivity index (χ4v) is 3.27. The Balaban J connectivity index is 2.33. The number of cyclic esters (lactones) is 1. The number of allylic oxidation sites excluding steroid dienone is 3. The molecule has 0 aromatic heterocycles. The summed E-state index contributed by atoms with van der Waals surface area (Å²) in [4.78, 5) is 23.9. The number of carbonyl (C=O) groups excluding carboxylic acids is 2. The van der Waals surface area contributed by atoms with Crippen molar-refractivity contribution >= 4 is 11.9 Å². The van der Waals surface area contributed by atoms with Crippen LogP contribution in [0.2, 0.25) is 0 Å². The van der Waals surface area contributed by atoms with Crippen LogP contribution in [0.4, 0.5) is 0 Å². The van der Waals surface area contributed by atoms with Gasteiger partial charge in [0.25, 0.3) is 0 Å². The molecule has 0 saturated carbocycles. The van der Waals surface area contributed by atoms with E-state index >= 15 is 0 Å². The number of ether oxygens (including phenoxy) is 4. The van der Waals surface area contributed by atoms with Crippen LogP contribution in [0.15, 0.2) is 29.4 Å². The molecule has 0 bridgehead atoms. The minimum atomic E-state index is -0.916. The van der Waals surface area contributed by atoms with Gasteiger partial charge in [-0.2, -0.15) is 0 Å². The van der Waals surface area contributed by atoms with Crippen molar-refractivity contribution < 1.29 is 33.6 Å². The summed E-state index contributed by atoms with van der Waals surface area (Å²) >= 11 is 0. The van der Waals surface area contributed by atoms with Crippen LogP contribution in [-0.2, 0) is 14.3 Å². The van der Waals surface area contributed by atoms with Crippen LogP contribution in [-0.4, -0.2) is 36.9 Å². The highest BCUT2D eigenvalue weighted by molar-refractivity contribution is 5.97. The molecule has 0 aliphatic carbocycles. The lowest BCUT2D eigenvalue weighted by atomic mass is 9.93. The standard InChI is InChI=1S/C23H30O7/c1-13(2)8-7-9-14(3)10-11-28-18-12-17(25)19-20(22(18)27-6)21(30-16(5)24)15(4)29-23(19)26/h8,10,12,15,21,25H,7,9,11H2,1-6H3/b14-10+/t15-,21+/m0/s1. The molecular weight excluding hydrogens is 388 g/mol. The van der Waals surface area contributed by atoms with Gasteiger partial charge in [0.1, 0.15) is 24.0 Å². The monoisotopic (exact) mass is 418 g/mol. The largest absolute Gasteiger partial charge is 0.507 e. The maximum Gasteiger partial charge on any atom is 0.342 e. The fraction of sp³-hybridized carbons (Fsp3) is 0.478. The zero-order valence-electron chi connectivity index (χ0n) is 18.4. The molecule has 164 valence electrons. The first-order valence-electron chi connectivity index (χ1n) is 9.89. The second-order valence-electron chi connectivity index (χ2n) is 7.54. The maximum absolute atomic E-state index is 12.3. The predicted octanol–water partition coefficient (Wildman–Crippen LogP) is 4.64. The van der Waals surface area contributed by atoms with Gasteiger partial charge in [-0.3, -0.25) is 4.79 Å². The summed E-state index contributed by atoms with van der Waals surface area (Å²) in [5.41, 5.74) is 2.61. The number of rotatable bonds is 8. The summed E-state index contributed by atoms with van der Waals surface area (Å²) < 4.78 is 21.9. The number of hydrogen-bond donors (Lipinski definition) is 1. The van der Waals surface area contributed by atoms with Gasteiger partial charge in [-0.1, -0.05) is 17.2 Å². The van der Waals surface area contributed by atoms with Crippen LogP contribution in [0.5, 0.6) is 17.2 Å². The SMILES string of the molecule is COc1c(OC/C=C(\C)CCC=C(C)C)cc(O)c2c1[C@H](OC(C)=O)[C@H](C)OC2=O. The number of benzene rings is 1. The Morgan fingerprint density at radius 3 is 2.53 bits per heavy atom. The topological polar surface area (TPSA) is 91.3 Å². The van der Waals surface area contributed by atoms with Crippen molar-refractivity contribution in [3.63, 3.8) is 0 Å². The van der Waals surface area contributed by atoms with Crippen molar-refractivity contribution in [1.82, 2.24) is 0 Å². The van der Waals surface area contributed by atoms with E-state index in [-0.39, 0.29) is 35.0 Å². The molecule has 1 aromatic rings. The highest BCUT2D eigenvalue weighted by atomic mass is 16.6. The van der Waals surface area contributed by atoms with Crippen molar-refractivity contribution in [3.05, 3.63) is 40.5 Å². The molecule has 0 unspecified atom stereocenters. The van der Waals surface area contributed by atoms with Crippen LogP contribution in [0.25, 0.3) is 0 Å². The van der Waals surface area contributed by atoms with Gasteiger partial charge in [-0.15, -0.1) is 0 Å². The predicted molar refractivity (Wildman–Crippen MR) is 112 cm³/mol. The van der Waals surface area contributed by atoms with Crippen LogP contribution in [0.1, 0.15) is 69.5 Å². The summed E-state index contributed by atoms with van der Waals surface area (Å²) in [5.74, 6) is -1.09. The number of fused-ring (bicyclic) bond motifs is 1. The van der Waals surface area contributed by atoms with Gasteiger partial charge in [-0.25, -0.2) is 4.79 Å². The maximum atomic E-state index is 12.3. The minimum Gasteiger partial charge on any atom is -0.507 e. The van der Waals surface area contributed by atoms with E-state index in [0.717, 1.165) is 12.8 Å². The number of aromatic hydroxyl groups is 1. The van der Waals surface area contributed by atoms with Gasteiger partial charge in [0.05, 0.1) is 12.7 Å². The van der Waals surface area contributed by atoms with E-state index in [1.165, 1.54) is 31.2 Å². The normalized spacial score (nSPS) is 18.2. The molecule has 0 fully saturated rings. The molecule has 0 radical (unpaired) electrons. The Hall–Kier alpha value is -2.96. The number of hydrogen-bond acceptors (Lipinski definition) is 7. The first-order valence-corrected chi connectivity index (χ1v) is 9.89. The molecule has 2 rings (SSSR count). The smallest absolute Gasteiger partial charge is 0.342 e. The molecule has 7 nitrogen and oxygen atoms in total. The Morgan fingerprint density at radius 2 is 1.93 bits per heavy atom. The Kier molecular flexibility index (Phi) is 7.92. The zero-order valence-corrected chi connectivity index (χ0v) is 18.4. The summed E-state index contributed by atoms with van der Waals surface area (Å²) in [6.07, 6.45) is 4.35. The molecule has 30 heavy (non-hydrogen) atoms. The van der Waals surface area contributed by atoms with Crippen molar-refractivity contribution in [3.8, 4) is 17.2 Å². The zero-order chi connectivity index (χ0) is 22.4. The van der Waals surface area contributed by atoms with Gasteiger partial charge >= 0.3 is 11.9 Å². The molecule has 7 heteroatoms. The van der Waals surface area contributed by atoms with Crippen molar-refractivity contribution in [2.24, 2.45) is 0 Å². The van der Waals surface area contributed by atoms with Crippen LogP contribution >= 0.6 is 0 Å². The van der Waals surface area contributed by atoms with Crippen molar-refractivity contribution in [2.75, 3.05) is 13.7 Å². The molecule has 1 aromatic carbocycles. The molecule has 1 N–H and O–H groups in total. The van der Waals surface area contributed by atoms with E-state index in [2.05, 4.69) is 19.9 Å². The Bertz CT molecular complexity index is 863. The summed E-state index contributed by atoms with van der Waals surface area (Å²) in [5, 5.41) is 10.4. The van der Waals surface area contributed by atoms with Crippen molar-refractivity contribution in [1.29, 1.82) is 0 Å². The van der Waals surface area contributed by atoms with Crippen LogP contribution in [0.3, 0.4) is 0 Å². The third kappa shape index (κ3) is 5.55. The number of methoxy groups -OCH3 is 1. The van der Waals surface area contributed by atoms with E-state index in [1.54, 1.807) is 6.92 Å². The lowest BCUT2D eigenvalue weighted by molar-refractivity contribution is -0.153. The first kappa shape index (κ1) is 23.3. The van der Waals surface area contributed by atoms with Crippen LogP contribution < -0.4 is 9.47 Å². The first-order chi connectivity index (χ1) is 14.1. The number of phenolic OH excluding ortho intramolecular Hbond substituents is 1. The number of esters is 2. The highest BCUT2D eigenvalue weighted by Crippen LogP contribution is 2.47. The molecule has 1 heterocycles. The summed E-state index contributed by atoms with van der Waals surface area (Å²) in [6.45, 7) is 9.29. The molecular formula is C23H30O7. The van der Waals surface area contributed by atoms with E-state index in [4.69, 9.17) is 18.9 Å². The van der Waals surface area contributed by atoms with E-state index in [9.17, 15) is 14.7 Å². The van der Waals surface area contributed by atoms with Gasteiger partial charge in [0.2, 0.25) is 0 Å². The molecule has 1 aliphatic rings. The van der Waals surface area contributed by atoms with E-state index in [1.807, 2.05) is 13.0 Å². The Labute approximate surface area is 177 Å². The lowest BCUT2D eigenvalue weighted by Crippen LogP contribution is -2.33. The van der Waals surface area contributed by atoms with Gasteiger partial charge in [-0.05, 0) is 46.6 Å². The second-order valence-corrected chi connectivity index (χ2v) is 7.54. The average Bonchev–Trinajstić information content (AvgIpc) is 2.64. The molecule has 0 amide bonds. The van der Waals surface area contributed by atoms with Gasteiger partial charge in [0, 0.05) is 13.0 Å².